The van der Waals surface area contributed by atoms with Crippen molar-refractivity contribution in [1.82, 2.24) is 24.9 Å². The first-order valence-electron chi connectivity index (χ1n) is 9.79. The molecule has 1 aliphatic rings. The Kier molecular flexibility index (Phi) is 6.04. The highest BCUT2D eigenvalue weighted by Crippen LogP contribution is 2.31. The highest BCUT2D eigenvalue weighted by Gasteiger charge is 2.17. The number of fused-ring (bicyclic) bond motifs is 1. The molecule has 0 aliphatic carbocycles. The molecule has 7 nitrogen and oxygen atoms in total. The van der Waals surface area contributed by atoms with Crippen molar-refractivity contribution >= 4 is 28.5 Å². The van der Waals surface area contributed by atoms with Crippen molar-refractivity contribution in [2.45, 2.75) is 13.3 Å². The molecule has 1 aliphatic heterocycles. The van der Waals surface area contributed by atoms with E-state index in [0.29, 0.717) is 10.7 Å². The summed E-state index contributed by atoms with van der Waals surface area (Å²) in [7, 11) is 0. The smallest absolute Gasteiger partial charge is 0.263 e. The fraction of sp³-hybridized carbons (Fsp3) is 0.450. The molecule has 3 aromatic rings. The second-order valence-corrected chi connectivity index (χ2v) is 7.43. The number of rotatable bonds is 7. The molecular formula is C20H25ClN6O. The summed E-state index contributed by atoms with van der Waals surface area (Å²) in [5.41, 5.74) is 2.14. The maximum Gasteiger partial charge on any atom is 0.263 e. The van der Waals surface area contributed by atoms with E-state index in [4.69, 9.17) is 16.1 Å². The lowest BCUT2D eigenvalue weighted by atomic mass is 10.1. The predicted molar refractivity (Wildman–Crippen MR) is 112 cm³/mol. The second-order valence-electron chi connectivity index (χ2n) is 7.00. The second kappa shape index (κ2) is 8.86. The van der Waals surface area contributed by atoms with Gasteiger partial charge in [0.2, 0.25) is 0 Å². The van der Waals surface area contributed by atoms with E-state index in [-0.39, 0.29) is 0 Å². The Morgan fingerprint density at radius 1 is 1.07 bits per heavy atom. The van der Waals surface area contributed by atoms with Crippen molar-refractivity contribution in [3.05, 3.63) is 35.6 Å². The Hall–Kier alpha value is -2.22. The molecule has 4 rings (SSSR count). The molecule has 148 valence electrons. The highest BCUT2D eigenvalue weighted by atomic mass is 35.5. The molecule has 8 heteroatoms. The number of halogens is 1. The first-order chi connectivity index (χ1) is 13.7. The largest absolute Gasteiger partial charge is 0.369 e. The first kappa shape index (κ1) is 19.1. The summed E-state index contributed by atoms with van der Waals surface area (Å²) in [6.45, 7) is 9.94. The maximum absolute atomic E-state index is 6.00. The van der Waals surface area contributed by atoms with Gasteiger partial charge in [0.25, 0.3) is 5.71 Å². The van der Waals surface area contributed by atoms with Gasteiger partial charge < -0.3 is 19.6 Å². The molecule has 1 fully saturated rings. The van der Waals surface area contributed by atoms with Gasteiger partial charge in [-0.15, -0.1) is 0 Å². The van der Waals surface area contributed by atoms with Crippen LogP contribution in [0, 0.1) is 0 Å². The molecule has 28 heavy (non-hydrogen) atoms. The number of nitrogens with zero attached hydrogens (tertiary/aromatic N) is 5. The highest BCUT2D eigenvalue weighted by molar-refractivity contribution is 6.30. The van der Waals surface area contributed by atoms with Crippen LogP contribution in [0.1, 0.15) is 13.3 Å². The molecule has 1 saturated heterocycles. The van der Waals surface area contributed by atoms with Crippen molar-refractivity contribution in [2.24, 2.45) is 0 Å². The number of hydrogen-bond donors (Lipinski definition) is 1. The van der Waals surface area contributed by atoms with Crippen LogP contribution in [0.4, 0.5) is 5.82 Å². The van der Waals surface area contributed by atoms with Gasteiger partial charge in [-0.05, 0) is 31.6 Å². The Morgan fingerprint density at radius 2 is 1.82 bits per heavy atom. The van der Waals surface area contributed by atoms with Crippen LogP contribution >= 0.6 is 11.6 Å². The van der Waals surface area contributed by atoms with Crippen molar-refractivity contribution in [3.63, 3.8) is 0 Å². The summed E-state index contributed by atoms with van der Waals surface area (Å²) in [6, 6.07) is 7.53. The minimum absolute atomic E-state index is 0.484. The lowest BCUT2D eigenvalue weighted by Gasteiger charge is -2.33. The van der Waals surface area contributed by atoms with E-state index >= 15 is 0 Å². The monoisotopic (exact) mass is 400 g/mol. The van der Waals surface area contributed by atoms with Crippen molar-refractivity contribution in [3.8, 4) is 11.3 Å². The maximum atomic E-state index is 6.00. The summed E-state index contributed by atoms with van der Waals surface area (Å²) in [6.07, 6.45) is 2.56. The minimum atomic E-state index is 0.484. The van der Waals surface area contributed by atoms with Crippen LogP contribution in [0.15, 0.2) is 35.1 Å². The fourth-order valence-electron chi connectivity index (χ4n) is 3.56. The van der Waals surface area contributed by atoms with Crippen LogP contribution in [0.25, 0.3) is 22.4 Å². The third kappa shape index (κ3) is 4.27. The molecule has 0 radical (unpaired) electrons. The van der Waals surface area contributed by atoms with Gasteiger partial charge in [0, 0.05) is 43.3 Å². The number of hydrogen-bond acceptors (Lipinski definition) is 7. The molecule has 0 spiro atoms. The average molecular weight is 401 g/mol. The third-order valence-corrected chi connectivity index (χ3v) is 5.50. The lowest BCUT2D eigenvalue weighted by molar-refractivity contribution is 0.137. The Labute approximate surface area is 169 Å². The standard InChI is InChI=1S/C20H25ClN6O/c1-2-26-10-12-27(13-11-26)9-3-8-22-19-17-18(15-4-6-16(21)7-5-15)25-28-20(17)24-14-23-19/h4-7,14H,2-3,8-13H2,1H3,(H,22,23,24). The van der Waals surface area contributed by atoms with Gasteiger partial charge in [-0.1, -0.05) is 35.8 Å². The average Bonchev–Trinajstić information content (AvgIpc) is 3.17. The van der Waals surface area contributed by atoms with Crippen LogP contribution < -0.4 is 5.32 Å². The molecule has 0 bridgehead atoms. The normalized spacial score (nSPS) is 15.9. The zero-order chi connectivity index (χ0) is 19.3. The predicted octanol–water partition coefficient (Wildman–Crippen LogP) is 3.38. The number of benzene rings is 1. The van der Waals surface area contributed by atoms with E-state index in [1.807, 2.05) is 24.3 Å². The zero-order valence-corrected chi connectivity index (χ0v) is 16.8. The zero-order valence-electron chi connectivity index (χ0n) is 16.1. The summed E-state index contributed by atoms with van der Waals surface area (Å²) in [5, 5.41) is 9.13. The van der Waals surface area contributed by atoms with Gasteiger partial charge in [-0.25, -0.2) is 4.98 Å². The molecule has 1 N–H and O–H groups in total. The van der Waals surface area contributed by atoms with Crippen molar-refractivity contribution in [1.29, 1.82) is 0 Å². The van der Waals surface area contributed by atoms with E-state index in [9.17, 15) is 0 Å². The summed E-state index contributed by atoms with van der Waals surface area (Å²) < 4.78 is 5.41. The van der Waals surface area contributed by atoms with Crippen LogP contribution in [0.2, 0.25) is 5.02 Å². The van der Waals surface area contributed by atoms with Crippen LogP contribution in [-0.4, -0.2) is 70.7 Å². The number of likely N-dealkylation sites (N-methyl/N-ethyl adjacent to an activating group) is 1. The Balaban J connectivity index is 1.40. The minimum Gasteiger partial charge on any atom is -0.369 e. The Morgan fingerprint density at radius 3 is 2.57 bits per heavy atom. The van der Waals surface area contributed by atoms with Gasteiger partial charge in [0.05, 0.1) is 0 Å². The molecular weight excluding hydrogens is 376 g/mol. The first-order valence-corrected chi connectivity index (χ1v) is 10.2. The van der Waals surface area contributed by atoms with E-state index in [0.717, 1.165) is 61.6 Å². The number of anilines is 1. The van der Waals surface area contributed by atoms with E-state index in [1.165, 1.54) is 19.4 Å². The fourth-order valence-corrected chi connectivity index (χ4v) is 3.69. The van der Waals surface area contributed by atoms with Crippen LogP contribution in [0.5, 0.6) is 0 Å². The molecule has 3 heterocycles. The third-order valence-electron chi connectivity index (χ3n) is 5.25. The lowest BCUT2D eigenvalue weighted by Crippen LogP contribution is -2.46. The number of nitrogens with one attached hydrogen (secondary N) is 1. The molecule has 1 aromatic carbocycles. The molecule has 0 atom stereocenters. The molecule has 2 aromatic heterocycles. The Bertz CT molecular complexity index is 905. The van der Waals surface area contributed by atoms with Gasteiger partial charge in [0.15, 0.2) is 0 Å². The quantitative estimate of drug-likeness (QED) is 0.609. The molecule has 0 amide bonds. The summed E-state index contributed by atoms with van der Waals surface area (Å²) in [4.78, 5) is 13.6. The summed E-state index contributed by atoms with van der Waals surface area (Å²) >= 11 is 6.00. The van der Waals surface area contributed by atoms with Gasteiger partial charge in [-0.2, -0.15) is 4.98 Å². The molecule has 0 unspecified atom stereocenters. The van der Waals surface area contributed by atoms with Crippen molar-refractivity contribution < 1.29 is 4.52 Å². The number of piperazine rings is 1. The van der Waals surface area contributed by atoms with Crippen LogP contribution in [0.3, 0.4) is 0 Å². The SMILES string of the molecule is CCN1CCN(CCCNc2ncnc3onc(-c4ccc(Cl)cc4)c23)CC1. The van der Waals surface area contributed by atoms with Gasteiger partial charge in [0.1, 0.15) is 23.2 Å². The topological polar surface area (TPSA) is 70.3 Å². The number of aromatic nitrogens is 3. The molecule has 0 saturated carbocycles. The van der Waals surface area contributed by atoms with Crippen molar-refractivity contribution in [2.75, 3.05) is 51.1 Å². The summed E-state index contributed by atoms with van der Waals surface area (Å²) in [5.74, 6) is 0.756. The van der Waals surface area contributed by atoms with E-state index in [1.54, 1.807) is 0 Å². The van der Waals surface area contributed by atoms with E-state index in [2.05, 4.69) is 37.2 Å². The van der Waals surface area contributed by atoms with Crippen LogP contribution in [-0.2, 0) is 0 Å². The van der Waals surface area contributed by atoms with E-state index < -0.39 is 0 Å². The van der Waals surface area contributed by atoms with Gasteiger partial charge >= 0.3 is 0 Å². The van der Waals surface area contributed by atoms with Gasteiger partial charge in [-0.3, -0.25) is 0 Å².